The van der Waals surface area contributed by atoms with Gasteiger partial charge in [0.2, 0.25) is 10.0 Å². The van der Waals surface area contributed by atoms with E-state index in [-0.39, 0.29) is 16.2 Å². The lowest BCUT2D eigenvalue weighted by molar-refractivity contribution is -0.141. The molecule has 3 atom stereocenters. The summed E-state index contributed by atoms with van der Waals surface area (Å²) in [6, 6.07) is 3.57. The molecule has 1 saturated heterocycles. The van der Waals surface area contributed by atoms with E-state index in [0.717, 1.165) is 42.6 Å². The second-order valence-electron chi connectivity index (χ2n) is 9.42. The van der Waals surface area contributed by atoms with Gasteiger partial charge in [-0.3, -0.25) is 9.78 Å². The SMILES string of the molecule is C[C@H]1[C@H](F)C[C@@H](C(=O)CCc2cc(-c3cnc(C(F)(F)F)cn3)ccc2C(F)(F)F)N1S(=O)(=O)c1ccc(F)cc1. The van der Waals surface area contributed by atoms with Gasteiger partial charge in [-0.05, 0) is 55.3 Å². The summed E-state index contributed by atoms with van der Waals surface area (Å²) in [5.41, 5.74) is -2.97. The smallest absolute Gasteiger partial charge is 0.298 e. The fraction of sp³-hybridized carbons (Fsp3) is 0.346. The zero-order chi connectivity index (χ0) is 30.3. The minimum absolute atomic E-state index is 0.000462. The van der Waals surface area contributed by atoms with E-state index >= 15 is 0 Å². The number of halogens is 8. The number of ketones is 1. The number of aromatic nitrogens is 2. The van der Waals surface area contributed by atoms with Crippen molar-refractivity contribution in [3.63, 3.8) is 0 Å². The molecule has 1 aliphatic rings. The third-order valence-electron chi connectivity index (χ3n) is 6.73. The molecular formula is C26H21F8N3O3S. The van der Waals surface area contributed by atoms with Crippen molar-refractivity contribution in [3.8, 4) is 11.3 Å². The van der Waals surface area contributed by atoms with Gasteiger partial charge in [-0.15, -0.1) is 0 Å². The predicted molar refractivity (Wildman–Crippen MR) is 129 cm³/mol. The normalized spacial score (nSPS) is 20.4. The molecule has 2 heterocycles. The number of alkyl halides is 7. The van der Waals surface area contributed by atoms with Crippen LogP contribution >= 0.6 is 0 Å². The number of rotatable bonds is 7. The molecule has 220 valence electrons. The Hall–Kier alpha value is -3.46. The van der Waals surface area contributed by atoms with Crippen LogP contribution in [-0.4, -0.2) is 46.7 Å². The van der Waals surface area contributed by atoms with Crippen LogP contribution in [0.2, 0.25) is 0 Å². The highest BCUT2D eigenvalue weighted by Crippen LogP contribution is 2.37. The van der Waals surface area contributed by atoms with Crippen molar-refractivity contribution in [2.24, 2.45) is 0 Å². The number of benzene rings is 2. The number of hydrogen-bond acceptors (Lipinski definition) is 5. The Morgan fingerprint density at radius 1 is 0.976 bits per heavy atom. The lowest BCUT2D eigenvalue weighted by Gasteiger charge is -2.27. The van der Waals surface area contributed by atoms with E-state index < -0.39 is 88.3 Å². The molecule has 1 aliphatic heterocycles. The minimum atomic E-state index is -4.85. The first-order valence-corrected chi connectivity index (χ1v) is 13.5. The average molecular weight is 608 g/mol. The Bertz CT molecular complexity index is 1530. The van der Waals surface area contributed by atoms with Crippen molar-refractivity contribution >= 4 is 15.8 Å². The topological polar surface area (TPSA) is 80.2 Å². The van der Waals surface area contributed by atoms with Gasteiger partial charge < -0.3 is 0 Å². The first-order chi connectivity index (χ1) is 19.0. The van der Waals surface area contributed by atoms with Crippen molar-refractivity contribution in [2.45, 2.75) is 61.7 Å². The molecule has 2 aromatic carbocycles. The van der Waals surface area contributed by atoms with E-state index in [1.807, 2.05) is 0 Å². The Morgan fingerprint density at radius 2 is 1.63 bits per heavy atom. The van der Waals surface area contributed by atoms with E-state index in [2.05, 4.69) is 9.97 Å². The number of carbonyl (C=O) groups is 1. The van der Waals surface area contributed by atoms with Crippen LogP contribution < -0.4 is 0 Å². The Balaban J connectivity index is 1.61. The molecule has 3 aromatic rings. The lowest BCUT2D eigenvalue weighted by atomic mass is 9.95. The summed E-state index contributed by atoms with van der Waals surface area (Å²) >= 11 is 0. The predicted octanol–water partition coefficient (Wildman–Crippen LogP) is 6.01. The van der Waals surface area contributed by atoms with Crippen molar-refractivity contribution < 1.29 is 48.3 Å². The van der Waals surface area contributed by atoms with Gasteiger partial charge in [-0.1, -0.05) is 6.07 Å². The van der Waals surface area contributed by atoms with Crippen LogP contribution in [0.5, 0.6) is 0 Å². The zero-order valence-electron chi connectivity index (χ0n) is 21.0. The van der Waals surface area contributed by atoms with Crippen LogP contribution in [0.15, 0.2) is 59.8 Å². The first-order valence-electron chi connectivity index (χ1n) is 12.1. The number of aryl methyl sites for hydroxylation is 1. The molecule has 0 unspecified atom stereocenters. The number of nitrogens with zero attached hydrogens (tertiary/aromatic N) is 3. The summed E-state index contributed by atoms with van der Waals surface area (Å²) in [7, 11) is -4.47. The van der Waals surface area contributed by atoms with Gasteiger partial charge in [0.25, 0.3) is 0 Å². The first kappa shape index (κ1) is 30.5. The van der Waals surface area contributed by atoms with Crippen molar-refractivity contribution in [1.29, 1.82) is 0 Å². The average Bonchev–Trinajstić information content (AvgIpc) is 3.21. The molecule has 6 nitrogen and oxygen atoms in total. The number of Topliss-reactive ketones (excluding diaryl/α,β-unsaturated/α-hetero) is 1. The number of carbonyl (C=O) groups excluding carboxylic acids is 1. The third kappa shape index (κ3) is 6.40. The van der Waals surface area contributed by atoms with E-state index in [4.69, 9.17) is 0 Å². The van der Waals surface area contributed by atoms with Crippen LogP contribution in [-0.2, 0) is 33.6 Å². The largest absolute Gasteiger partial charge is 0.434 e. The molecule has 0 N–H and O–H groups in total. The van der Waals surface area contributed by atoms with Gasteiger partial charge in [0, 0.05) is 18.4 Å². The minimum Gasteiger partial charge on any atom is -0.298 e. The van der Waals surface area contributed by atoms with Gasteiger partial charge in [0.15, 0.2) is 11.5 Å². The fourth-order valence-corrected chi connectivity index (χ4v) is 6.46. The maximum atomic E-state index is 14.7. The standard InChI is InChI=1S/C26H21F8N3O3S/c1-14-20(28)11-22(37(14)41(39,40)18-6-4-17(27)5-7-18)23(38)9-3-15-10-16(2-8-19(15)25(29,30)31)21-12-36-24(13-35-21)26(32,33)34/h2,4-8,10,12-14,20,22H,3,9,11H2,1H3/t14-,20+,22-/m0/s1. The summed E-state index contributed by atoms with van der Waals surface area (Å²) in [5, 5.41) is 0. The van der Waals surface area contributed by atoms with E-state index in [1.54, 1.807) is 0 Å². The maximum Gasteiger partial charge on any atom is 0.434 e. The molecule has 4 rings (SSSR count). The molecule has 0 spiro atoms. The number of sulfonamides is 1. The van der Waals surface area contributed by atoms with E-state index in [9.17, 15) is 48.3 Å². The molecule has 0 bridgehead atoms. The molecular weight excluding hydrogens is 586 g/mol. The van der Waals surface area contributed by atoms with Gasteiger partial charge >= 0.3 is 12.4 Å². The Kier molecular flexibility index (Phi) is 8.24. The molecule has 0 amide bonds. The molecule has 0 radical (unpaired) electrons. The van der Waals surface area contributed by atoms with Gasteiger partial charge in [0.05, 0.1) is 40.6 Å². The number of hydrogen-bond donors (Lipinski definition) is 0. The van der Waals surface area contributed by atoms with E-state index in [1.165, 1.54) is 6.92 Å². The molecule has 0 saturated carbocycles. The highest BCUT2D eigenvalue weighted by atomic mass is 32.2. The molecule has 0 aliphatic carbocycles. The summed E-state index contributed by atoms with van der Waals surface area (Å²) in [5.74, 6) is -1.56. The second-order valence-corrected chi connectivity index (χ2v) is 11.3. The molecule has 15 heteroatoms. The van der Waals surface area contributed by atoms with Crippen LogP contribution in [0.25, 0.3) is 11.3 Å². The summed E-state index contributed by atoms with van der Waals surface area (Å²) in [4.78, 5) is 19.6. The highest BCUT2D eigenvalue weighted by molar-refractivity contribution is 7.89. The van der Waals surface area contributed by atoms with Crippen molar-refractivity contribution in [3.05, 3.63) is 77.5 Å². The monoisotopic (exact) mass is 607 g/mol. The second kappa shape index (κ2) is 11.1. The molecule has 1 fully saturated rings. The van der Waals surface area contributed by atoms with Crippen molar-refractivity contribution in [2.75, 3.05) is 0 Å². The third-order valence-corrected chi connectivity index (χ3v) is 8.74. The van der Waals surface area contributed by atoms with E-state index in [0.29, 0.717) is 16.6 Å². The lowest BCUT2D eigenvalue weighted by Crippen LogP contribution is -2.44. The highest BCUT2D eigenvalue weighted by Gasteiger charge is 2.49. The van der Waals surface area contributed by atoms with Gasteiger partial charge in [-0.25, -0.2) is 22.2 Å². The fourth-order valence-electron chi connectivity index (χ4n) is 4.63. The van der Waals surface area contributed by atoms with Crippen LogP contribution in [0.4, 0.5) is 35.1 Å². The van der Waals surface area contributed by atoms with Crippen LogP contribution in [0, 0.1) is 5.82 Å². The maximum absolute atomic E-state index is 14.7. The van der Waals surface area contributed by atoms with Gasteiger partial charge in [-0.2, -0.15) is 30.6 Å². The molecule has 41 heavy (non-hydrogen) atoms. The summed E-state index contributed by atoms with van der Waals surface area (Å²) < 4.78 is 135. The Morgan fingerprint density at radius 3 is 2.20 bits per heavy atom. The Labute approximate surface area is 229 Å². The summed E-state index contributed by atoms with van der Waals surface area (Å²) in [6.45, 7) is 1.25. The van der Waals surface area contributed by atoms with Gasteiger partial charge in [0.1, 0.15) is 12.0 Å². The van der Waals surface area contributed by atoms with Crippen LogP contribution in [0.1, 0.15) is 36.6 Å². The molecule has 1 aromatic heterocycles. The zero-order valence-corrected chi connectivity index (χ0v) is 21.9. The summed E-state index contributed by atoms with van der Waals surface area (Å²) in [6.07, 6.45) is -11.9. The van der Waals surface area contributed by atoms with Crippen molar-refractivity contribution in [1.82, 2.24) is 14.3 Å². The van der Waals surface area contributed by atoms with Crippen LogP contribution in [0.3, 0.4) is 0 Å². The quantitative estimate of drug-likeness (QED) is 0.308.